The van der Waals surface area contributed by atoms with Crippen molar-refractivity contribution >= 4 is 28.6 Å². The molecule has 0 fully saturated rings. The molecule has 29 heavy (non-hydrogen) atoms. The molecule has 3 rings (SSSR count). The Bertz CT molecular complexity index is 1070. The molecule has 2 aromatic carbocycles. The summed E-state index contributed by atoms with van der Waals surface area (Å²) < 4.78 is 1.62. The lowest BCUT2D eigenvalue weighted by molar-refractivity contribution is -0.127. The number of amides is 1. The second-order valence-electron chi connectivity index (χ2n) is 7.45. The molecule has 0 spiro atoms. The Labute approximate surface area is 175 Å². The molecule has 0 aliphatic carbocycles. The van der Waals surface area contributed by atoms with Crippen molar-refractivity contribution in [2.24, 2.45) is 0 Å². The molecular formula is C23H27N3O2S. The number of thioether (sulfide) groups is 1. The van der Waals surface area contributed by atoms with E-state index in [4.69, 9.17) is 4.98 Å². The zero-order valence-corrected chi connectivity index (χ0v) is 18.4. The van der Waals surface area contributed by atoms with Crippen molar-refractivity contribution < 1.29 is 4.79 Å². The predicted octanol–water partition coefficient (Wildman–Crippen LogP) is 4.47. The molecule has 1 heterocycles. The van der Waals surface area contributed by atoms with Crippen LogP contribution in [-0.2, 0) is 4.79 Å². The number of aromatic nitrogens is 2. The van der Waals surface area contributed by atoms with Crippen LogP contribution in [-0.4, -0.2) is 39.7 Å². The maximum absolute atomic E-state index is 13.3. The van der Waals surface area contributed by atoms with E-state index in [0.29, 0.717) is 22.0 Å². The molecule has 0 bridgehead atoms. The molecule has 152 valence electrons. The van der Waals surface area contributed by atoms with Gasteiger partial charge in [-0.2, -0.15) is 0 Å². The Hall–Kier alpha value is -2.60. The first kappa shape index (κ1) is 21.1. The van der Waals surface area contributed by atoms with Gasteiger partial charge in [0.25, 0.3) is 5.56 Å². The highest BCUT2D eigenvalue weighted by molar-refractivity contribution is 8.00. The molecule has 0 aliphatic rings. The fraction of sp³-hybridized carbons (Fsp3) is 0.348. The summed E-state index contributed by atoms with van der Waals surface area (Å²) in [5.74, 6) is 0.443. The fourth-order valence-corrected chi connectivity index (χ4v) is 4.25. The van der Waals surface area contributed by atoms with Gasteiger partial charge in [0.05, 0.1) is 21.8 Å². The van der Waals surface area contributed by atoms with Gasteiger partial charge < -0.3 is 4.90 Å². The van der Waals surface area contributed by atoms with Gasteiger partial charge in [-0.3, -0.25) is 14.2 Å². The first-order valence-electron chi connectivity index (χ1n) is 9.83. The predicted molar refractivity (Wildman–Crippen MR) is 120 cm³/mol. The second-order valence-corrected chi connectivity index (χ2v) is 8.75. The Morgan fingerprint density at radius 3 is 2.38 bits per heavy atom. The van der Waals surface area contributed by atoms with E-state index in [1.54, 1.807) is 29.6 Å². The summed E-state index contributed by atoms with van der Waals surface area (Å²) in [4.78, 5) is 32.0. The van der Waals surface area contributed by atoms with Gasteiger partial charge in [0.2, 0.25) is 5.91 Å². The number of carbonyl (C=O) groups is 1. The Balaban J connectivity index is 2.14. The number of fused-ring (bicyclic) bond motifs is 1. The zero-order valence-electron chi connectivity index (χ0n) is 17.5. The van der Waals surface area contributed by atoms with Crippen LogP contribution >= 0.6 is 11.8 Å². The highest BCUT2D eigenvalue weighted by atomic mass is 32.2. The fourth-order valence-electron chi connectivity index (χ4n) is 3.18. The van der Waals surface area contributed by atoms with E-state index in [0.717, 1.165) is 12.1 Å². The number of para-hydroxylation sites is 1. The Morgan fingerprint density at radius 1 is 1.10 bits per heavy atom. The van der Waals surface area contributed by atoms with E-state index in [2.05, 4.69) is 26.0 Å². The lowest BCUT2D eigenvalue weighted by atomic mass is 9.98. The van der Waals surface area contributed by atoms with Gasteiger partial charge in [-0.05, 0) is 49.1 Å². The molecule has 5 nitrogen and oxygen atoms in total. The minimum Gasteiger partial charge on any atom is -0.348 e. The second kappa shape index (κ2) is 8.82. The highest BCUT2D eigenvalue weighted by Gasteiger charge is 2.21. The number of hydrogen-bond donors (Lipinski definition) is 0. The van der Waals surface area contributed by atoms with Crippen molar-refractivity contribution in [3.63, 3.8) is 0 Å². The third kappa shape index (κ3) is 4.37. The molecule has 0 saturated carbocycles. The van der Waals surface area contributed by atoms with Gasteiger partial charge in [-0.25, -0.2) is 4.98 Å². The standard InChI is InChI=1S/C23H27N3O2S/c1-6-15(2)17-11-13-18(14-12-17)26-22(28)19-9-7-8-10-20(19)24-23(26)29-16(3)21(27)25(4)5/h7-16H,6H2,1-5H3/t15-,16-/m0/s1. The number of nitrogens with zero attached hydrogens (tertiary/aromatic N) is 3. The van der Waals surface area contributed by atoms with Crippen molar-refractivity contribution in [3.8, 4) is 5.69 Å². The van der Waals surface area contributed by atoms with Crippen molar-refractivity contribution in [3.05, 3.63) is 64.4 Å². The Morgan fingerprint density at radius 2 is 1.76 bits per heavy atom. The van der Waals surface area contributed by atoms with Crippen LogP contribution in [0.4, 0.5) is 0 Å². The minimum atomic E-state index is -0.358. The van der Waals surface area contributed by atoms with Crippen molar-refractivity contribution in [2.75, 3.05) is 14.1 Å². The number of carbonyl (C=O) groups excluding carboxylic acids is 1. The largest absolute Gasteiger partial charge is 0.348 e. The minimum absolute atomic E-state index is 0.0175. The molecule has 0 aliphatic heterocycles. The number of benzene rings is 2. The van der Waals surface area contributed by atoms with Crippen LogP contribution in [0.1, 0.15) is 38.7 Å². The third-order valence-electron chi connectivity index (χ3n) is 5.15. The molecule has 0 radical (unpaired) electrons. The smallest absolute Gasteiger partial charge is 0.266 e. The first-order valence-corrected chi connectivity index (χ1v) is 10.7. The summed E-state index contributed by atoms with van der Waals surface area (Å²) in [6, 6.07) is 15.4. The average molecular weight is 410 g/mol. The molecule has 2 atom stereocenters. The van der Waals surface area contributed by atoms with E-state index in [1.807, 2.05) is 37.3 Å². The van der Waals surface area contributed by atoms with Gasteiger partial charge >= 0.3 is 0 Å². The molecule has 0 saturated heterocycles. The van der Waals surface area contributed by atoms with E-state index in [-0.39, 0.29) is 16.7 Å². The maximum atomic E-state index is 13.3. The SMILES string of the molecule is CC[C@H](C)c1ccc(-n2c(S[C@@H](C)C(=O)N(C)C)nc3ccccc3c2=O)cc1. The van der Waals surface area contributed by atoms with Crippen LogP contribution in [0.15, 0.2) is 58.5 Å². The monoisotopic (exact) mass is 409 g/mol. The summed E-state index contributed by atoms with van der Waals surface area (Å²) >= 11 is 1.31. The van der Waals surface area contributed by atoms with Gasteiger partial charge in [0.15, 0.2) is 5.16 Å². The van der Waals surface area contributed by atoms with Gasteiger partial charge in [0.1, 0.15) is 0 Å². The van der Waals surface area contributed by atoms with Gasteiger partial charge in [-0.1, -0.05) is 49.9 Å². The zero-order chi connectivity index (χ0) is 21.1. The highest BCUT2D eigenvalue weighted by Crippen LogP contribution is 2.27. The Kier molecular flexibility index (Phi) is 6.42. The van der Waals surface area contributed by atoms with Crippen LogP contribution in [0, 0.1) is 0 Å². The summed E-state index contributed by atoms with van der Waals surface area (Å²) in [5, 5.41) is 0.728. The van der Waals surface area contributed by atoms with Crippen LogP contribution in [0.5, 0.6) is 0 Å². The summed E-state index contributed by atoms with van der Waals surface area (Å²) in [6.45, 7) is 6.19. The van der Waals surface area contributed by atoms with Crippen molar-refractivity contribution in [1.82, 2.24) is 14.5 Å². The van der Waals surface area contributed by atoms with E-state index in [9.17, 15) is 9.59 Å². The van der Waals surface area contributed by atoms with E-state index < -0.39 is 0 Å². The van der Waals surface area contributed by atoms with Crippen LogP contribution < -0.4 is 5.56 Å². The summed E-state index contributed by atoms with van der Waals surface area (Å²) in [6.07, 6.45) is 1.06. The topological polar surface area (TPSA) is 55.2 Å². The normalized spacial score (nSPS) is 13.3. The molecular weight excluding hydrogens is 382 g/mol. The first-order chi connectivity index (χ1) is 13.8. The summed E-state index contributed by atoms with van der Waals surface area (Å²) in [5.41, 5.74) is 2.51. The van der Waals surface area contributed by atoms with Gasteiger partial charge in [0, 0.05) is 14.1 Å². The number of rotatable bonds is 6. The molecule has 3 aromatic rings. The van der Waals surface area contributed by atoms with Crippen LogP contribution in [0.25, 0.3) is 16.6 Å². The quantitative estimate of drug-likeness (QED) is 0.445. The third-order valence-corrected chi connectivity index (χ3v) is 6.19. The lowest BCUT2D eigenvalue weighted by Gasteiger charge is -2.19. The van der Waals surface area contributed by atoms with Crippen LogP contribution in [0.3, 0.4) is 0 Å². The van der Waals surface area contributed by atoms with Crippen LogP contribution in [0.2, 0.25) is 0 Å². The average Bonchev–Trinajstić information content (AvgIpc) is 2.73. The molecule has 1 aromatic heterocycles. The van der Waals surface area contributed by atoms with Gasteiger partial charge in [-0.15, -0.1) is 0 Å². The number of hydrogen-bond acceptors (Lipinski definition) is 4. The van der Waals surface area contributed by atoms with E-state index >= 15 is 0 Å². The van der Waals surface area contributed by atoms with Crippen molar-refractivity contribution in [1.29, 1.82) is 0 Å². The van der Waals surface area contributed by atoms with Crippen molar-refractivity contribution in [2.45, 2.75) is 43.5 Å². The maximum Gasteiger partial charge on any atom is 0.266 e. The molecule has 6 heteroatoms. The molecule has 0 unspecified atom stereocenters. The van der Waals surface area contributed by atoms with E-state index in [1.165, 1.54) is 17.3 Å². The molecule has 0 N–H and O–H groups in total. The summed E-state index contributed by atoms with van der Waals surface area (Å²) in [7, 11) is 3.46. The molecule has 1 amide bonds. The lowest BCUT2D eigenvalue weighted by Crippen LogP contribution is -2.31.